The average Bonchev–Trinajstić information content (AvgIpc) is 3.61. The van der Waals surface area contributed by atoms with Crippen LogP contribution in [0.5, 0.6) is 0 Å². The van der Waals surface area contributed by atoms with Crippen LogP contribution in [0, 0.1) is 10.1 Å². The van der Waals surface area contributed by atoms with Crippen LogP contribution in [0.3, 0.4) is 0 Å². The van der Waals surface area contributed by atoms with E-state index in [4.69, 9.17) is 4.74 Å². The van der Waals surface area contributed by atoms with Gasteiger partial charge in [-0.2, -0.15) is 0 Å². The fraction of sp³-hybridized carbons (Fsp3) is 0.233. The van der Waals surface area contributed by atoms with E-state index in [1.54, 1.807) is 18.1 Å². The van der Waals surface area contributed by atoms with Crippen LogP contribution in [0.1, 0.15) is 28.4 Å². The second-order valence-electron chi connectivity index (χ2n) is 10.7. The third-order valence-corrected chi connectivity index (χ3v) is 11.9. The van der Waals surface area contributed by atoms with E-state index >= 15 is 0 Å². The predicted octanol–water partition coefficient (Wildman–Crippen LogP) is 2.68. The summed E-state index contributed by atoms with van der Waals surface area (Å²) in [5.74, 6) is -1.39. The summed E-state index contributed by atoms with van der Waals surface area (Å²) >= 11 is 0. The molecular weight excluding hydrogens is 590 g/mol. The molecule has 0 radical (unpaired) electrons. The Bertz CT molecular complexity index is 1880. The van der Waals surface area contributed by atoms with Gasteiger partial charge in [0.1, 0.15) is 11.6 Å². The lowest BCUT2D eigenvalue weighted by Gasteiger charge is -2.53. The van der Waals surface area contributed by atoms with Crippen molar-refractivity contribution in [3.05, 3.63) is 104 Å². The number of anilines is 1. The summed E-state index contributed by atoms with van der Waals surface area (Å²) in [7, 11) is 4.07. The first-order chi connectivity index (χ1) is 20.7. The lowest BCUT2D eigenvalue weighted by Crippen LogP contribution is -2.73. The molecule has 2 bridgehead atoms. The third kappa shape index (κ3) is 3.43. The number of fused-ring (bicyclic) bond motifs is 5. The fourth-order valence-electron chi connectivity index (χ4n) is 6.73. The van der Waals surface area contributed by atoms with Gasteiger partial charge in [-0.15, -0.1) is 0 Å². The first-order valence-corrected chi connectivity index (χ1v) is 15.7. The van der Waals surface area contributed by atoms with Crippen LogP contribution in [0.25, 0.3) is 12.7 Å². The third-order valence-electron chi connectivity index (χ3n) is 8.64. The molecule has 43 heavy (non-hydrogen) atoms. The molecule has 218 valence electrons. The number of rotatable bonds is 5. The van der Waals surface area contributed by atoms with Crippen LogP contribution in [0.2, 0.25) is 0 Å². The number of amides is 2. The molecule has 8 rings (SSSR count). The van der Waals surface area contributed by atoms with Crippen molar-refractivity contribution in [2.75, 3.05) is 12.4 Å². The van der Waals surface area contributed by atoms with E-state index in [0.29, 0.717) is 10.8 Å². The fourth-order valence-corrected chi connectivity index (χ4v) is 10.3. The number of esters is 1. The number of hydrogen-bond acceptors (Lipinski definition) is 9. The van der Waals surface area contributed by atoms with Crippen molar-refractivity contribution in [1.29, 1.82) is 0 Å². The van der Waals surface area contributed by atoms with Crippen LogP contribution in [-0.2, 0) is 19.7 Å². The zero-order chi connectivity index (χ0) is 30.3. The Hall–Kier alpha value is -4.49. The van der Waals surface area contributed by atoms with Crippen LogP contribution in [-0.4, -0.2) is 67.1 Å². The largest absolute Gasteiger partial charge is 0.453 e. The number of hydrogen-bond donors (Lipinski definition) is 2. The quantitative estimate of drug-likeness (QED) is 0.192. The number of H-pyrrole nitrogens is 1. The number of nitro groups is 1. The number of nitrogens with one attached hydrogen (secondary N) is 2. The highest BCUT2D eigenvalue weighted by Gasteiger charge is 2.81. The van der Waals surface area contributed by atoms with Crippen molar-refractivity contribution in [2.24, 2.45) is 0 Å². The van der Waals surface area contributed by atoms with E-state index in [-0.39, 0.29) is 23.1 Å². The van der Waals surface area contributed by atoms with Crippen LogP contribution >= 0.6 is 21.6 Å². The van der Waals surface area contributed by atoms with Gasteiger partial charge in [0.05, 0.1) is 10.5 Å². The number of aromatic nitrogens is 1. The number of nitrogens with zero attached hydrogens (tertiary/aromatic N) is 3. The molecule has 5 aliphatic rings. The summed E-state index contributed by atoms with van der Waals surface area (Å²) in [6.45, 7) is 6.29. The summed E-state index contributed by atoms with van der Waals surface area (Å²) < 4.78 is 6.44. The van der Waals surface area contributed by atoms with Gasteiger partial charge in [0.15, 0.2) is 11.5 Å². The van der Waals surface area contributed by atoms with E-state index in [1.807, 2.05) is 49.4 Å². The Morgan fingerprint density at radius 1 is 1.16 bits per heavy atom. The Kier molecular flexibility index (Phi) is 6.05. The second-order valence-corrected chi connectivity index (χ2v) is 13.2. The van der Waals surface area contributed by atoms with Gasteiger partial charge >= 0.3 is 5.97 Å². The second kappa shape index (κ2) is 9.51. The maximum Gasteiger partial charge on any atom is 0.338 e. The van der Waals surface area contributed by atoms with E-state index in [9.17, 15) is 24.5 Å². The van der Waals surface area contributed by atoms with Gasteiger partial charge in [0.25, 0.3) is 17.5 Å². The van der Waals surface area contributed by atoms with Crippen LogP contribution in [0.15, 0.2) is 66.9 Å². The first kappa shape index (κ1) is 27.3. The number of para-hydroxylation sites is 1. The minimum atomic E-state index is -1.61. The molecule has 2 aromatic carbocycles. The van der Waals surface area contributed by atoms with Crippen molar-refractivity contribution in [3.8, 4) is 0 Å². The molecule has 5 aliphatic heterocycles. The van der Waals surface area contributed by atoms with Crippen LogP contribution < -0.4 is 15.9 Å². The number of benzene rings is 2. The number of piperazine rings is 1. The van der Waals surface area contributed by atoms with Crippen LogP contribution in [0.4, 0.5) is 11.4 Å². The number of non-ortho nitro benzene ring substituents is 1. The van der Waals surface area contributed by atoms with E-state index < -0.39 is 38.8 Å². The SMILES string of the molecule is C=c1c([C@@]23c4ccccc4N[C@@H]2N2C(=O)[C@H]4SS[C@]2(C(=O)N4C)[C@H]3OC(=O)c2ccc([N+](=O)[O-])cc2)c[nH]/c1=C/C=C\C. The minimum Gasteiger partial charge on any atom is -0.453 e. The molecule has 4 saturated heterocycles. The predicted molar refractivity (Wildman–Crippen MR) is 163 cm³/mol. The van der Waals surface area contributed by atoms with Crippen molar-refractivity contribution in [1.82, 2.24) is 14.8 Å². The van der Waals surface area contributed by atoms with E-state index in [2.05, 4.69) is 16.9 Å². The highest BCUT2D eigenvalue weighted by molar-refractivity contribution is 8.78. The summed E-state index contributed by atoms with van der Waals surface area (Å²) in [5.41, 5.74) is 0.822. The van der Waals surface area contributed by atoms with Gasteiger partial charge < -0.3 is 19.9 Å². The molecule has 13 heteroatoms. The van der Waals surface area contributed by atoms with Crippen molar-refractivity contribution in [2.45, 2.75) is 34.9 Å². The number of carbonyl (C=O) groups excluding carboxylic acids is 3. The lowest BCUT2D eigenvalue weighted by atomic mass is 9.70. The van der Waals surface area contributed by atoms with E-state index in [0.717, 1.165) is 16.6 Å². The smallest absolute Gasteiger partial charge is 0.338 e. The molecule has 2 N–H and O–H groups in total. The van der Waals surface area contributed by atoms with Gasteiger partial charge in [-0.3, -0.25) is 24.6 Å². The average molecular weight is 616 g/mol. The highest BCUT2D eigenvalue weighted by Crippen LogP contribution is 2.67. The minimum absolute atomic E-state index is 0.0756. The highest BCUT2D eigenvalue weighted by atomic mass is 33.1. The van der Waals surface area contributed by atoms with Gasteiger partial charge in [-0.1, -0.05) is 47.7 Å². The van der Waals surface area contributed by atoms with Gasteiger partial charge in [-0.05, 0) is 58.3 Å². The molecule has 2 amide bonds. The maximum absolute atomic E-state index is 14.3. The van der Waals surface area contributed by atoms with Gasteiger partial charge in [-0.25, -0.2) is 4.79 Å². The van der Waals surface area contributed by atoms with E-state index in [1.165, 1.54) is 50.8 Å². The maximum atomic E-state index is 14.3. The zero-order valence-corrected chi connectivity index (χ0v) is 24.6. The van der Waals surface area contributed by atoms with Crippen molar-refractivity contribution < 1.29 is 24.0 Å². The molecular formula is C30H25N5O6S2. The van der Waals surface area contributed by atoms with Crippen molar-refractivity contribution >= 4 is 63.4 Å². The molecule has 6 heterocycles. The number of likely N-dealkylation sites (N-methyl/N-ethyl adjacent to an activating group) is 1. The summed E-state index contributed by atoms with van der Waals surface area (Å²) in [6.07, 6.45) is 5.44. The summed E-state index contributed by atoms with van der Waals surface area (Å²) in [6, 6.07) is 12.6. The molecule has 0 saturated carbocycles. The Balaban J connectivity index is 1.50. The summed E-state index contributed by atoms with van der Waals surface area (Å²) in [4.78, 5) is 57.7. The lowest BCUT2D eigenvalue weighted by molar-refractivity contribution is -0.384. The topological polar surface area (TPSA) is 138 Å². The molecule has 1 aromatic heterocycles. The molecule has 3 aromatic rings. The summed E-state index contributed by atoms with van der Waals surface area (Å²) in [5, 5.41) is 15.4. The molecule has 11 nitrogen and oxygen atoms in total. The molecule has 5 atom stereocenters. The monoisotopic (exact) mass is 615 g/mol. The number of nitro benzene ring substituents is 1. The first-order valence-electron chi connectivity index (χ1n) is 13.4. The van der Waals surface area contributed by atoms with Gasteiger partial charge in [0, 0.05) is 36.4 Å². The normalized spacial score (nSPS) is 29.1. The number of allylic oxidation sites excluding steroid dienone is 2. The number of ether oxygens (including phenoxy) is 1. The Labute approximate surface area is 253 Å². The van der Waals surface area contributed by atoms with Crippen molar-refractivity contribution in [3.63, 3.8) is 0 Å². The Morgan fingerprint density at radius 2 is 1.91 bits per heavy atom. The standard InChI is InChI=1S/C30H25N5O6S2/c1-4-5-9-21-16(2)20(15-31-21)29-19-8-6-7-10-22(19)32-27(29)34-23(36)24-33(3)28(38)30(34,43-42-24)26(29)41-25(37)17-11-13-18(14-12-17)35(39)40/h4-15,24,26-27,31-32H,2H2,1,3H3/b5-4-,21-9+/t24-,26+,27-,29-,30+/m1/s1. The molecule has 1 spiro atoms. The number of carbonyl (C=O) groups is 3. The molecule has 0 unspecified atom stereocenters. The zero-order valence-electron chi connectivity index (χ0n) is 23.0. The Morgan fingerprint density at radius 3 is 2.63 bits per heavy atom. The van der Waals surface area contributed by atoms with Gasteiger partial charge in [0.2, 0.25) is 4.87 Å². The molecule has 4 fully saturated rings. The number of aromatic amines is 1. The molecule has 0 aliphatic carbocycles.